The van der Waals surface area contributed by atoms with Gasteiger partial charge in [0.15, 0.2) is 11.5 Å². The Morgan fingerprint density at radius 1 is 1.38 bits per heavy atom. The molecule has 0 fully saturated rings. The Bertz CT molecular complexity index is 406. The van der Waals surface area contributed by atoms with E-state index in [-0.39, 0.29) is 5.92 Å². The van der Waals surface area contributed by atoms with Gasteiger partial charge in [0.1, 0.15) is 13.2 Å². The van der Waals surface area contributed by atoms with Crippen LogP contribution in [0.4, 0.5) is 0 Å². The molecule has 0 aromatic heterocycles. The fraction of sp³-hybridized carbons (Fsp3) is 0.500. The topological polar surface area (TPSA) is 44.5 Å². The molecule has 0 saturated heterocycles. The molecule has 0 bridgehead atoms. The Hall–Kier alpha value is -0.930. The van der Waals surface area contributed by atoms with Crippen LogP contribution >= 0.6 is 11.6 Å². The number of fused-ring (bicyclic) bond motifs is 1. The maximum absolute atomic E-state index is 6.17. The van der Waals surface area contributed by atoms with E-state index in [1.54, 1.807) is 0 Å². The predicted molar refractivity (Wildman–Crippen MR) is 64.6 cm³/mol. The van der Waals surface area contributed by atoms with Crippen LogP contribution in [-0.2, 0) is 0 Å². The Labute approximate surface area is 100 Å². The zero-order valence-corrected chi connectivity index (χ0v) is 10.3. The van der Waals surface area contributed by atoms with E-state index in [2.05, 4.69) is 6.92 Å². The minimum Gasteiger partial charge on any atom is -0.486 e. The molecule has 2 rings (SSSR count). The number of benzene rings is 1. The third kappa shape index (κ3) is 1.85. The first-order valence-electron chi connectivity index (χ1n) is 5.43. The third-order valence-corrected chi connectivity index (χ3v) is 3.22. The second kappa shape index (κ2) is 4.52. The van der Waals surface area contributed by atoms with Gasteiger partial charge in [0.2, 0.25) is 0 Å². The van der Waals surface area contributed by atoms with Crippen LogP contribution in [0.5, 0.6) is 11.5 Å². The Kier molecular flexibility index (Phi) is 3.26. The summed E-state index contributed by atoms with van der Waals surface area (Å²) in [5.41, 5.74) is 7.90. The van der Waals surface area contributed by atoms with Gasteiger partial charge in [-0.1, -0.05) is 18.5 Å². The van der Waals surface area contributed by atoms with Crippen LogP contribution in [0, 0.1) is 6.92 Å². The highest BCUT2D eigenvalue weighted by Gasteiger charge is 2.22. The van der Waals surface area contributed by atoms with E-state index in [9.17, 15) is 0 Å². The number of nitrogens with two attached hydrogens (primary N) is 1. The molecular weight excluding hydrogens is 226 g/mol. The minimum atomic E-state index is 0.272. The van der Waals surface area contributed by atoms with Gasteiger partial charge in [-0.05, 0) is 36.6 Å². The maximum atomic E-state index is 6.17. The molecule has 0 radical (unpaired) electrons. The molecule has 3 nitrogen and oxygen atoms in total. The lowest BCUT2D eigenvalue weighted by Crippen LogP contribution is -2.18. The average molecular weight is 242 g/mol. The van der Waals surface area contributed by atoms with Crippen LogP contribution in [0.2, 0.25) is 5.02 Å². The predicted octanol–water partition coefficient (Wildman–Crippen LogP) is 2.48. The zero-order valence-electron chi connectivity index (χ0n) is 9.55. The van der Waals surface area contributed by atoms with Crippen molar-refractivity contribution in [1.82, 2.24) is 0 Å². The van der Waals surface area contributed by atoms with Gasteiger partial charge in [-0.25, -0.2) is 0 Å². The molecule has 0 aliphatic carbocycles. The van der Waals surface area contributed by atoms with Crippen molar-refractivity contribution in [3.05, 3.63) is 22.2 Å². The van der Waals surface area contributed by atoms with Gasteiger partial charge < -0.3 is 15.2 Å². The van der Waals surface area contributed by atoms with Gasteiger partial charge in [0, 0.05) is 0 Å². The van der Waals surface area contributed by atoms with Crippen molar-refractivity contribution in [3.63, 3.8) is 0 Å². The lowest BCUT2D eigenvalue weighted by Gasteiger charge is -2.24. The summed E-state index contributed by atoms with van der Waals surface area (Å²) in [6.45, 7) is 5.82. The summed E-state index contributed by atoms with van der Waals surface area (Å²) in [6.07, 6.45) is 0. The van der Waals surface area contributed by atoms with E-state index in [1.165, 1.54) is 0 Å². The Morgan fingerprint density at radius 3 is 2.62 bits per heavy atom. The molecule has 1 aliphatic rings. The van der Waals surface area contributed by atoms with Crippen molar-refractivity contribution in [3.8, 4) is 11.5 Å². The molecule has 1 atom stereocenters. The Balaban J connectivity index is 2.53. The first kappa shape index (κ1) is 11.6. The van der Waals surface area contributed by atoms with Crippen molar-refractivity contribution < 1.29 is 9.47 Å². The highest BCUT2D eigenvalue weighted by Crippen LogP contribution is 2.43. The zero-order chi connectivity index (χ0) is 11.7. The smallest absolute Gasteiger partial charge is 0.180 e. The number of hydrogen-bond donors (Lipinski definition) is 1. The third-order valence-electron chi connectivity index (χ3n) is 2.94. The van der Waals surface area contributed by atoms with E-state index >= 15 is 0 Å². The highest BCUT2D eigenvalue weighted by molar-refractivity contribution is 6.32. The van der Waals surface area contributed by atoms with Crippen LogP contribution in [0.3, 0.4) is 0 Å². The van der Waals surface area contributed by atoms with Crippen molar-refractivity contribution in [2.24, 2.45) is 5.73 Å². The molecular formula is C12H16ClNO2. The van der Waals surface area contributed by atoms with E-state index in [4.69, 9.17) is 26.8 Å². The van der Waals surface area contributed by atoms with Gasteiger partial charge in [-0.3, -0.25) is 0 Å². The van der Waals surface area contributed by atoms with Crippen LogP contribution in [-0.4, -0.2) is 19.8 Å². The number of ether oxygens (including phenoxy) is 2. The van der Waals surface area contributed by atoms with Crippen molar-refractivity contribution in [2.45, 2.75) is 19.8 Å². The first-order valence-corrected chi connectivity index (χ1v) is 5.81. The van der Waals surface area contributed by atoms with Gasteiger partial charge in [0.25, 0.3) is 0 Å². The second-order valence-electron chi connectivity index (χ2n) is 4.06. The van der Waals surface area contributed by atoms with Crippen LogP contribution in [0.1, 0.15) is 24.0 Å². The van der Waals surface area contributed by atoms with E-state index < -0.39 is 0 Å². The molecule has 88 valence electrons. The van der Waals surface area contributed by atoms with Crippen LogP contribution in [0.15, 0.2) is 6.07 Å². The summed E-state index contributed by atoms with van der Waals surface area (Å²) in [6, 6.07) is 1.93. The fourth-order valence-electron chi connectivity index (χ4n) is 1.95. The maximum Gasteiger partial charge on any atom is 0.180 e. The van der Waals surface area contributed by atoms with E-state index in [0.29, 0.717) is 30.5 Å². The summed E-state index contributed by atoms with van der Waals surface area (Å²) in [5, 5.41) is 0.607. The molecule has 1 unspecified atom stereocenters. The summed E-state index contributed by atoms with van der Waals surface area (Å²) in [4.78, 5) is 0. The number of rotatable bonds is 2. The van der Waals surface area contributed by atoms with Gasteiger partial charge in [-0.15, -0.1) is 0 Å². The monoisotopic (exact) mass is 241 g/mol. The largest absolute Gasteiger partial charge is 0.486 e. The quantitative estimate of drug-likeness (QED) is 0.865. The molecule has 16 heavy (non-hydrogen) atoms. The highest BCUT2D eigenvalue weighted by atomic mass is 35.5. The van der Waals surface area contributed by atoms with Gasteiger partial charge >= 0.3 is 0 Å². The van der Waals surface area contributed by atoms with Crippen LogP contribution in [0.25, 0.3) is 0 Å². The molecule has 4 heteroatoms. The summed E-state index contributed by atoms with van der Waals surface area (Å²) in [5.74, 6) is 1.71. The summed E-state index contributed by atoms with van der Waals surface area (Å²) in [7, 11) is 0. The molecule has 0 amide bonds. The van der Waals surface area contributed by atoms with Gasteiger partial charge in [0.05, 0.1) is 5.02 Å². The molecule has 0 spiro atoms. The molecule has 1 aliphatic heterocycles. The van der Waals surface area contributed by atoms with E-state index in [1.807, 2.05) is 13.0 Å². The molecule has 2 N–H and O–H groups in total. The van der Waals surface area contributed by atoms with E-state index in [0.717, 1.165) is 16.9 Å². The summed E-state index contributed by atoms with van der Waals surface area (Å²) >= 11 is 6.17. The van der Waals surface area contributed by atoms with Crippen molar-refractivity contribution in [2.75, 3.05) is 19.8 Å². The molecule has 0 saturated carbocycles. The molecule has 1 aromatic carbocycles. The van der Waals surface area contributed by atoms with Crippen molar-refractivity contribution >= 4 is 11.6 Å². The number of halogens is 1. The molecule has 1 heterocycles. The Morgan fingerprint density at radius 2 is 2.00 bits per heavy atom. The average Bonchev–Trinajstić information content (AvgIpc) is 2.33. The number of hydrogen-bond acceptors (Lipinski definition) is 3. The summed E-state index contributed by atoms with van der Waals surface area (Å²) < 4.78 is 11.1. The molecule has 1 aromatic rings. The van der Waals surface area contributed by atoms with Crippen molar-refractivity contribution in [1.29, 1.82) is 0 Å². The van der Waals surface area contributed by atoms with Crippen LogP contribution < -0.4 is 15.2 Å². The minimum absolute atomic E-state index is 0.272. The normalized spacial score (nSPS) is 16.0. The fourth-order valence-corrected chi connectivity index (χ4v) is 2.21. The SMILES string of the molecule is Cc1c(C(C)CN)cc(Cl)c2c1OCCO2. The van der Waals surface area contributed by atoms with Gasteiger partial charge in [-0.2, -0.15) is 0 Å². The lowest BCUT2D eigenvalue weighted by atomic mass is 9.95. The second-order valence-corrected chi connectivity index (χ2v) is 4.47. The standard InChI is InChI=1S/C12H16ClNO2/c1-7(6-14)9-5-10(13)12-11(8(9)2)15-3-4-16-12/h5,7H,3-4,6,14H2,1-2H3. The lowest BCUT2D eigenvalue weighted by molar-refractivity contribution is 0.170. The first-order chi connectivity index (χ1) is 7.65.